The lowest BCUT2D eigenvalue weighted by Gasteiger charge is -2.22. The van der Waals surface area contributed by atoms with Gasteiger partial charge in [-0.1, -0.05) is 6.92 Å². The molecule has 2 heterocycles. The molecule has 0 aliphatic carbocycles. The number of thiophene rings is 1. The van der Waals surface area contributed by atoms with E-state index in [0.29, 0.717) is 12.2 Å². The molecule has 0 amide bonds. The Morgan fingerprint density at radius 1 is 1.52 bits per heavy atom. The maximum Gasteiger partial charge on any atom is 0.341 e. The first-order chi connectivity index (χ1) is 10.1. The standard InChI is InChI=1S/C14H18BrN3O2S/c1-3-10(16)13(11-5-6-12(15)21-11)18-8-9(7-17-18)14(19)20-4-2/h5-8,10,13H,3-4,16H2,1-2H3. The summed E-state index contributed by atoms with van der Waals surface area (Å²) in [5.74, 6) is -0.361. The molecule has 0 aliphatic heterocycles. The van der Waals surface area contributed by atoms with Crippen molar-refractivity contribution in [1.29, 1.82) is 0 Å². The molecule has 2 aromatic heterocycles. The third kappa shape index (κ3) is 3.72. The van der Waals surface area contributed by atoms with Crippen LogP contribution in [0.3, 0.4) is 0 Å². The van der Waals surface area contributed by atoms with Gasteiger partial charge in [0.2, 0.25) is 0 Å². The van der Waals surface area contributed by atoms with Gasteiger partial charge < -0.3 is 10.5 Å². The molecule has 0 saturated heterocycles. The van der Waals surface area contributed by atoms with Crippen molar-refractivity contribution in [3.63, 3.8) is 0 Å². The van der Waals surface area contributed by atoms with Gasteiger partial charge >= 0.3 is 5.97 Å². The zero-order valence-corrected chi connectivity index (χ0v) is 14.4. The number of hydrogen-bond donors (Lipinski definition) is 1. The van der Waals surface area contributed by atoms with Gasteiger partial charge in [-0.3, -0.25) is 4.68 Å². The Balaban J connectivity index is 2.32. The highest BCUT2D eigenvalue weighted by atomic mass is 79.9. The van der Waals surface area contributed by atoms with Crippen LogP contribution in [0.4, 0.5) is 0 Å². The van der Waals surface area contributed by atoms with Crippen molar-refractivity contribution >= 4 is 33.2 Å². The molecule has 0 saturated carbocycles. The molecule has 0 spiro atoms. The van der Waals surface area contributed by atoms with Crippen molar-refractivity contribution in [3.05, 3.63) is 38.8 Å². The second-order valence-electron chi connectivity index (χ2n) is 4.59. The Morgan fingerprint density at radius 2 is 2.29 bits per heavy atom. The van der Waals surface area contributed by atoms with Crippen LogP contribution in [-0.2, 0) is 4.74 Å². The fourth-order valence-corrected chi connectivity index (χ4v) is 3.65. The highest BCUT2D eigenvalue weighted by Crippen LogP contribution is 2.31. The van der Waals surface area contributed by atoms with Crippen molar-refractivity contribution < 1.29 is 9.53 Å². The van der Waals surface area contributed by atoms with Gasteiger partial charge in [0.25, 0.3) is 0 Å². The van der Waals surface area contributed by atoms with E-state index < -0.39 is 0 Å². The molecule has 0 bridgehead atoms. The summed E-state index contributed by atoms with van der Waals surface area (Å²) in [7, 11) is 0. The van der Waals surface area contributed by atoms with Gasteiger partial charge in [0.1, 0.15) is 6.04 Å². The summed E-state index contributed by atoms with van der Waals surface area (Å²) in [6, 6.07) is 3.85. The number of aromatic nitrogens is 2. The Kier molecular flexibility index (Phi) is 5.55. The van der Waals surface area contributed by atoms with E-state index in [4.69, 9.17) is 10.5 Å². The van der Waals surface area contributed by atoms with Crippen LogP contribution in [0, 0.1) is 0 Å². The monoisotopic (exact) mass is 371 g/mol. The molecule has 0 aromatic carbocycles. The molecule has 5 nitrogen and oxygen atoms in total. The Labute approximate surface area is 136 Å². The minimum atomic E-state index is -0.361. The number of ether oxygens (including phenoxy) is 1. The quantitative estimate of drug-likeness (QED) is 0.791. The predicted octanol–water partition coefficient (Wildman–Crippen LogP) is 3.21. The molecule has 0 fully saturated rings. The number of esters is 1. The Morgan fingerprint density at radius 3 is 2.86 bits per heavy atom. The van der Waals surface area contributed by atoms with Crippen LogP contribution >= 0.6 is 27.3 Å². The average molecular weight is 372 g/mol. The molecule has 0 aliphatic rings. The molecule has 21 heavy (non-hydrogen) atoms. The van der Waals surface area contributed by atoms with Crippen LogP contribution in [0.1, 0.15) is 41.5 Å². The Hall–Kier alpha value is -1.18. The van der Waals surface area contributed by atoms with Gasteiger partial charge in [0.05, 0.1) is 22.2 Å². The fourth-order valence-electron chi connectivity index (χ4n) is 2.06. The number of carbonyl (C=O) groups excluding carboxylic acids is 1. The highest BCUT2D eigenvalue weighted by Gasteiger charge is 2.24. The third-order valence-corrected chi connectivity index (χ3v) is 4.85. The van der Waals surface area contributed by atoms with E-state index in [9.17, 15) is 4.79 Å². The smallest absolute Gasteiger partial charge is 0.341 e. The van der Waals surface area contributed by atoms with Crippen molar-refractivity contribution in [1.82, 2.24) is 9.78 Å². The highest BCUT2D eigenvalue weighted by molar-refractivity contribution is 9.11. The largest absolute Gasteiger partial charge is 0.462 e. The SMILES string of the molecule is CCOC(=O)c1cnn(C(c2ccc(Br)s2)C(N)CC)c1. The van der Waals surface area contributed by atoms with Crippen molar-refractivity contribution in [2.24, 2.45) is 5.73 Å². The molecule has 2 atom stereocenters. The molecular weight excluding hydrogens is 354 g/mol. The van der Waals surface area contributed by atoms with Gasteiger partial charge in [0, 0.05) is 17.1 Å². The lowest BCUT2D eigenvalue weighted by Crippen LogP contribution is -2.32. The van der Waals surface area contributed by atoms with E-state index in [0.717, 1.165) is 15.1 Å². The van der Waals surface area contributed by atoms with Crippen LogP contribution in [0.25, 0.3) is 0 Å². The molecule has 2 aromatic rings. The lowest BCUT2D eigenvalue weighted by molar-refractivity contribution is 0.0526. The number of hydrogen-bond acceptors (Lipinski definition) is 5. The van der Waals surface area contributed by atoms with Crippen LogP contribution < -0.4 is 5.73 Å². The number of rotatable bonds is 6. The zero-order chi connectivity index (χ0) is 15.4. The Bertz CT molecular complexity index is 611. The van der Waals surface area contributed by atoms with E-state index in [1.54, 1.807) is 29.1 Å². The molecule has 2 unspecified atom stereocenters. The van der Waals surface area contributed by atoms with E-state index in [2.05, 4.69) is 21.0 Å². The zero-order valence-electron chi connectivity index (χ0n) is 12.0. The molecular formula is C14H18BrN3O2S. The maximum absolute atomic E-state index is 11.7. The number of carbonyl (C=O) groups is 1. The normalized spacial score (nSPS) is 13.9. The second-order valence-corrected chi connectivity index (χ2v) is 7.08. The summed E-state index contributed by atoms with van der Waals surface area (Å²) in [6.45, 7) is 4.16. The van der Waals surface area contributed by atoms with Gasteiger partial charge in [-0.15, -0.1) is 11.3 Å². The van der Waals surface area contributed by atoms with Gasteiger partial charge in [-0.05, 0) is 41.4 Å². The van der Waals surface area contributed by atoms with E-state index >= 15 is 0 Å². The fraction of sp³-hybridized carbons (Fsp3) is 0.429. The third-order valence-electron chi connectivity index (χ3n) is 3.16. The maximum atomic E-state index is 11.7. The molecule has 7 heteroatoms. The molecule has 2 N–H and O–H groups in total. The first-order valence-corrected chi connectivity index (χ1v) is 8.39. The molecule has 2 rings (SSSR count). The summed E-state index contributed by atoms with van der Waals surface area (Å²) in [5.41, 5.74) is 6.69. The summed E-state index contributed by atoms with van der Waals surface area (Å²) >= 11 is 5.09. The average Bonchev–Trinajstić information content (AvgIpc) is 3.09. The van der Waals surface area contributed by atoms with Crippen molar-refractivity contribution in [3.8, 4) is 0 Å². The first-order valence-electron chi connectivity index (χ1n) is 6.78. The minimum absolute atomic E-state index is 0.0782. The van der Waals surface area contributed by atoms with Crippen LogP contribution in [-0.4, -0.2) is 28.4 Å². The minimum Gasteiger partial charge on any atom is -0.462 e. The van der Waals surface area contributed by atoms with Gasteiger partial charge in [-0.2, -0.15) is 5.10 Å². The van der Waals surface area contributed by atoms with Crippen LogP contribution in [0.2, 0.25) is 0 Å². The number of nitrogens with two attached hydrogens (primary N) is 1. The topological polar surface area (TPSA) is 70.1 Å². The molecule has 114 valence electrons. The lowest BCUT2D eigenvalue weighted by atomic mass is 10.1. The summed E-state index contributed by atoms with van der Waals surface area (Å²) in [6.07, 6.45) is 4.04. The number of halogens is 1. The molecule has 0 radical (unpaired) electrons. The van der Waals surface area contributed by atoms with Crippen LogP contribution in [0.15, 0.2) is 28.3 Å². The summed E-state index contributed by atoms with van der Waals surface area (Å²) < 4.78 is 7.78. The predicted molar refractivity (Wildman–Crippen MR) is 86.6 cm³/mol. The van der Waals surface area contributed by atoms with Crippen LogP contribution in [0.5, 0.6) is 0 Å². The second kappa shape index (κ2) is 7.20. The van der Waals surface area contributed by atoms with Gasteiger partial charge in [-0.25, -0.2) is 4.79 Å². The van der Waals surface area contributed by atoms with E-state index in [-0.39, 0.29) is 18.1 Å². The summed E-state index contributed by atoms with van der Waals surface area (Å²) in [5, 5.41) is 4.30. The first kappa shape index (κ1) is 16.2. The summed E-state index contributed by atoms with van der Waals surface area (Å²) in [4.78, 5) is 12.9. The van der Waals surface area contributed by atoms with E-state index in [1.165, 1.54) is 6.20 Å². The van der Waals surface area contributed by atoms with Gasteiger partial charge in [0.15, 0.2) is 0 Å². The van der Waals surface area contributed by atoms with E-state index in [1.807, 2.05) is 19.1 Å². The van der Waals surface area contributed by atoms with Crippen molar-refractivity contribution in [2.45, 2.75) is 32.4 Å². The van der Waals surface area contributed by atoms with Crippen molar-refractivity contribution in [2.75, 3.05) is 6.61 Å². The number of nitrogens with zero attached hydrogens (tertiary/aromatic N) is 2.